The molecule has 0 bridgehead atoms. The first-order valence-corrected chi connectivity index (χ1v) is 7.95. The van der Waals surface area contributed by atoms with Crippen molar-refractivity contribution in [3.8, 4) is 0 Å². The van der Waals surface area contributed by atoms with Crippen LogP contribution in [-0.2, 0) is 0 Å². The van der Waals surface area contributed by atoms with Crippen LogP contribution < -0.4 is 4.90 Å². The number of hydrogen-bond acceptors (Lipinski definition) is 3. The second-order valence-corrected chi connectivity index (χ2v) is 6.07. The summed E-state index contributed by atoms with van der Waals surface area (Å²) in [4.78, 5) is 20.1. The summed E-state index contributed by atoms with van der Waals surface area (Å²) in [7, 11) is 0. The van der Waals surface area contributed by atoms with E-state index in [9.17, 15) is 13.6 Å². The molecule has 1 amide bonds. The molecular formula is C16H14BrF2N3O. The monoisotopic (exact) mass is 381 g/mol. The van der Waals surface area contributed by atoms with Crippen LogP contribution in [0.3, 0.4) is 0 Å². The van der Waals surface area contributed by atoms with Gasteiger partial charge in [0.25, 0.3) is 5.91 Å². The molecule has 0 saturated carbocycles. The highest BCUT2D eigenvalue weighted by Crippen LogP contribution is 2.21. The number of carbonyl (C=O) groups excluding carboxylic acids is 1. The lowest BCUT2D eigenvalue weighted by atomic mass is 10.1. The van der Waals surface area contributed by atoms with Gasteiger partial charge < -0.3 is 9.80 Å². The number of piperazine rings is 1. The van der Waals surface area contributed by atoms with Crippen molar-refractivity contribution in [1.82, 2.24) is 9.88 Å². The third kappa shape index (κ3) is 3.34. The topological polar surface area (TPSA) is 36.4 Å². The lowest BCUT2D eigenvalue weighted by molar-refractivity contribution is 0.0741. The molecule has 1 saturated heterocycles. The fourth-order valence-corrected chi connectivity index (χ4v) is 2.90. The normalized spacial score (nSPS) is 14.9. The molecule has 2 aromatic rings. The van der Waals surface area contributed by atoms with Gasteiger partial charge in [-0.2, -0.15) is 0 Å². The van der Waals surface area contributed by atoms with E-state index in [1.54, 1.807) is 23.1 Å². The summed E-state index contributed by atoms with van der Waals surface area (Å²) in [5.74, 6) is -0.574. The fraction of sp³-hybridized carbons (Fsp3) is 0.250. The van der Waals surface area contributed by atoms with Gasteiger partial charge in [0, 0.05) is 26.2 Å². The molecule has 0 atom stereocenters. The van der Waals surface area contributed by atoms with E-state index in [1.807, 2.05) is 4.90 Å². The summed E-state index contributed by atoms with van der Waals surface area (Å²) >= 11 is 3.09. The summed E-state index contributed by atoms with van der Waals surface area (Å²) in [6.07, 6.45) is 1.17. The van der Waals surface area contributed by atoms with E-state index in [0.29, 0.717) is 32.0 Å². The minimum absolute atomic E-state index is 0.0627. The van der Waals surface area contributed by atoms with Crippen LogP contribution in [0.1, 0.15) is 10.4 Å². The van der Waals surface area contributed by atoms with Crippen LogP contribution in [0.5, 0.6) is 0 Å². The number of halogens is 3. The number of rotatable bonds is 2. The summed E-state index contributed by atoms with van der Waals surface area (Å²) in [6.45, 7) is 2.06. The molecule has 0 spiro atoms. The largest absolute Gasteiger partial charge is 0.353 e. The summed E-state index contributed by atoms with van der Waals surface area (Å²) in [6, 6.07) is 7.65. The number of anilines is 1. The van der Waals surface area contributed by atoms with Crippen molar-refractivity contribution in [2.75, 3.05) is 31.1 Å². The van der Waals surface area contributed by atoms with E-state index >= 15 is 0 Å². The zero-order valence-electron chi connectivity index (χ0n) is 12.2. The molecule has 0 radical (unpaired) electrons. The van der Waals surface area contributed by atoms with Crippen LogP contribution in [-0.4, -0.2) is 42.0 Å². The number of amides is 1. The molecule has 0 N–H and O–H groups in total. The fourth-order valence-electron chi connectivity index (χ4n) is 2.53. The van der Waals surface area contributed by atoms with Crippen molar-refractivity contribution in [2.24, 2.45) is 0 Å². The predicted octanol–water partition coefficient (Wildman–Crippen LogP) is 3.08. The van der Waals surface area contributed by atoms with E-state index in [4.69, 9.17) is 0 Å². The number of hydrogen-bond donors (Lipinski definition) is 0. The van der Waals surface area contributed by atoms with E-state index in [1.165, 1.54) is 18.3 Å². The van der Waals surface area contributed by atoms with Gasteiger partial charge in [-0.05, 0) is 40.2 Å². The zero-order valence-corrected chi connectivity index (χ0v) is 13.8. The van der Waals surface area contributed by atoms with Gasteiger partial charge in [0.15, 0.2) is 0 Å². The van der Waals surface area contributed by atoms with Gasteiger partial charge in [-0.25, -0.2) is 13.8 Å². The number of aromatic nitrogens is 1. The Balaban J connectivity index is 1.68. The molecule has 1 fully saturated rings. The maximum absolute atomic E-state index is 14.0. The smallest absolute Gasteiger partial charge is 0.256 e. The molecule has 1 aliphatic heterocycles. The van der Waals surface area contributed by atoms with Gasteiger partial charge in [-0.15, -0.1) is 0 Å². The quantitative estimate of drug-likeness (QED) is 0.801. The Kier molecular flexibility index (Phi) is 4.56. The van der Waals surface area contributed by atoms with Crippen LogP contribution in [0.25, 0.3) is 0 Å². The van der Waals surface area contributed by atoms with Crippen LogP contribution in [0.15, 0.2) is 41.0 Å². The third-order valence-corrected chi connectivity index (χ3v) is 4.40. The molecule has 0 unspecified atom stereocenters. The van der Waals surface area contributed by atoms with Gasteiger partial charge in [0.05, 0.1) is 16.2 Å². The van der Waals surface area contributed by atoms with Crippen LogP contribution in [0.2, 0.25) is 0 Å². The molecule has 1 aromatic carbocycles. The van der Waals surface area contributed by atoms with Crippen molar-refractivity contribution in [2.45, 2.75) is 0 Å². The van der Waals surface area contributed by atoms with E-state index in [-0.39, 0.29) is 21.8 Å². The third-order valence-electron chi connectivity index (χ3n) is 3.78. The molecule has 3 rings (SSSR count). The van der Waals surface area contributed by atoms with E-state index in [0.717, 1.165) is 0 Å². The molecule has 1 aliphatic rings. The van der Waals surface area contributed by atoms with Crippen molar-refractivity contribution in [3.05, 3.63) is 58.2 Å². The second-order valence-electron chi connectivity index (χ2n) is 5.22. The highest BCUT2D eigenvalue weighted by molar-refractivity contribution is 9.10. The van der Waals surface area contributed by atoms with Gasteiger partial charge in [0.2, 0.25) is 0 Å². The Labute approximate surface area is 140 Å². The molecule has 23 heavy (non-hydrogen) atoms. The van der Waals surface area contributed by atoms with Crippen molar-refractivity contribution >= 4 is 27.7 Å². The predicted molar refractivity (Wildman–Crippen MR) is 86.4 cm³/mol. The summed E-state index contributed by atoms with van der Waals surface area (Å²) in [5.41, 5.74) is 0.0627. The molecular weight excluding hydrogens is 368 g/mol. The second kappa shape index (κ2) is 6.62. The van der Waals surface area contributed by atoms with E-state index < -0.39 is 5.82 Å². The zero-order chi connectivity index (χ0) is 16.4. The number of benzene rings is 1. The molecule has 0 aliphatic carbocycles. The average molecular weight is 382 g/mol. The highest BCUT2D eigenvalue weighted by atomic mass is 79.9. The van der Waals surface area contributed by atoms with Gasteiger partial charge >= 0.3 is 0 Å². The molecule has 1 aromatic heterocycles. The highest BCUT2D eigenvalue weighted by Gasteiger charge is 2.25. The van der Waals surface area contributed by atoms with Crippen molar-refractivity contribution < 1.29 is 13.6 Å². The van der Waals surface area contributed by atoms with Gasteiger partial charge in [-0.1, -0.05) is 6.07 Å². The Hall–Kier alpha value is -2.02. The SMILES string of the molecule is O=C(c1cccc(Br)c1F)N1CCN(c2ccc(F)cn2)CC1. The van der Waals surface area contributed by atoms with Crippen LogP contribution in [0.4, 0.5) is 14.6 Å². The van der Waals surface area contributed by atoms with Crippen molar-refractivity contribution in [3.63, 3.8) is 0 Å². The Bertz CT molecular complexity index is 716. The average Bonchev–Trinajstić information content (AvgIpc) is 2.58. The minimum atomic E-state index is -0.542. The minimum Gasteiger partial charge on any atom is -0.353 e. The summed E-state index contributed by atoms with van der Waals surface area (Å²) in [5, 5.41) is 0. The first kappa shape index (κ1) is 15.9. The lowest BCUT2D eigenvalue weighted by Crippen LogP contribution is -2.49. The first-order chi connectivity index (χ1) is 11.1. The Morgan fingerprint density at radius 3 is 2.48 bits per heavy atom. The molecule has 120 valence electrons. The number of nitrogens with zero attached hydrogens (tertiary/aromatic N) is 3. The van der Waals surface area contributed by atoms with Crippen LogP contribution in [0, 0.1) is 11.6 Å². The maximum atomic E-state index is 14.0. The number of pyridine rings is 1. The number of carbonyl (C=O) groups is 1. The lowest BCUT2D eigenvalue weighted by Gasteiger charge is -2.35. The first-order valence-electron chi connectivity index (χ1n) is 7.16. The van der Waals surface area contributed by atoms with E-state index in [2.05, 4.69) is 20.9 Å². The van der Waals surface area contributed by atoms with Crippen LogP contribution >= 0.6 is 15.9 Å². The maximum Gasteiger partial charge on any atom is 0.256 e. The van der Waals surface area contributed by atoms with Gasteiger partial charge in [0.1, 0.15) is 17.5 Å². The molecule has 7 heteroatoms. The molecule has 2 heterocycles. The van der Waals surface area contributed by atoms with Crippen molar-refractivity contribution in [1.29, 1.82) is 0 Å². The molecule has 4 nitrogen and oxygen atoms in total. The standard InChI is InChI=1S/C16H14BrF2N3O/c17-13-3-1-2-12(15(13)19)16(23)22-8-6-21(7-9-22)14-5-4-11(18)10-20-14/h1-5,10H,6-9H2. The Morgan fingerprint density at radius 2 is 1.83 bits per heavy atom. The Morgan fingerprint density at radius 1 is 1.09 bits per heavy atom. The summed E-state index contributed by atoms with van der Waals surface area (Å²) < 4.78 is 27.2. The van der Waals surface area contributed by atoms with Gasteiger partial charge in [-0.3, -0.25) is 4.79 Å².